The smallest absolute Gasteiger partial charge is 0.233 e. The molecular formula is C20H23FIN3O4S. The second-order valence-electron chi connectivity index (χ2n) is 6.76. The number of aromatic nitrogens is 1. The maximum Gasteiger partial charge on any atom is 0.233 e. The average molecular weight is 547 g/mol. The number of carbonyl (C=O) groups is 1. The van der Waals surface area contributed by atoms with Gasteiger partial charge in [-0.1, -0.05) is 13.8 Å². The molecule has 1 unspecified atom stereocenters. The van der Waals surface area contributed by atoms with Gasteiger partial charge in [0.05, 0.1) is 17.2 Å². The monoisotopic (exact) mass is 547 g/mol. The maximum atomic E-state index is 13.2. The summed E-state index contributed by atoms with van der Waals surface area (Å²) in [7, 11) is -2.11. The van der Waals surface area contributed by atoms with Gasteiger partial charge in [0.25, 0.3) is 0 Å². The number of fused-ring (bicyclic) bond motifs is 1. The van der Waals surface area contributed by atoms with Crippen molar-refractivity contribution in [3.05, 3.63) is 47.3 Å². The Hall–Kier alpha value is -2.05. The van der Waals surface area contributed by atoms with Crippen molar-refractivity contribution in [1.82, 2.24) is 4.98 Å². The molecule has 2 N–H and O–H groups in total. The van der Waals surface area contributed by atoms with Crippen molar-refractivity contribution in [2.24, 2.45) is 3.95 Å². The van der Waals surface area contributed by atoms with E-state index in [9.17, 15) is 17.6 Å². The van der Waals surface area contributed by atoms with E-state index in [0.717, 1.165) is 17.0 Å². The molecule has 0 aliphatic heterocycles. The van der Waals surface area contributed by atoms with Crippen molar-refractivity contribution in [1.29, 1.82) is 0 Å². The molecule has 162 valence electrons. The van der Waals surface area contributed by atoms with Gasteiger partial charge >= 0.3 is 0 Å². The molecule has 0 spiro atoms. The molecule has 0 saturated heterocycles. The number of carbonyl (C=O) groups excluding carboxylic acids is 1. The van der Waals surface area contributed by atoms with Crippen molar-refractivity contribution in [3.63, 3.8) is 0 Å². The van der Waals surface area contributed by atoms with E-state index in [1.807, 2.05) is 13.8 Å². The number of nitrogens with two attached hydrogens (primary N) is 1. The van der Waals surface area contributed by atoms with Gasteiger partial charge in [0.1, 0.15) is 17.4 Å². The standard InChI is InChI=1S/C20H21FN2O4S.H2IN/c1-5-12(2)15-10-16-17(11-24)18(13-6-8-14(21)9-7-13)27-20(16)22-19(15)23(3)28(4,25)26;1-2/h6-12H,5H2,1-4H3;2H2. The predicted octanol–water partition coefficient (Wildman–Crippen LogP) is 4.65. The van der Waals surface area contributed by atoms with Gasteiger partial charge in [-0.25, -0.2) is 12.8 Å². The van der Waals surface area contributed by atoms with Gasteiger partial charge in [0.2, 0.25) is 15.7 Å². The Balaban J connectivity index is 0.00000155. The third kappa shape index (κ3) is 4.81. The Kier molecular flexibility index (Phi) is 7.94. The molecule has 2 heterocycles. The Labute approximate surface area is 189 Å². The fourth-order valence-corrected chi connectivity index (χ4v) is 3.43. The zero-order chi connectivity index (χ0) is 22.6. The van der Waals surface area contributed by atoms with Crippen molar-refractivity contribution in [2.75, 3.05) is 17.6 Å². The summed E-state index contributed by atoms with van der Waals surface area (Å²) in [6, 6.07) is 7.34. The average Bonchev–Trinajstić information content (AvgIpc) is 3.10. The number of furan rings is 1. The molecular weight excluding hydrogens is 524 g/mol. The lowest BCUT2D eigenvalue weighted by Gasteiger charge is -2.21. The molecule has 0 radical (unpaired) electrons. The number of hydrogen-bond acceptors (Lipinski definition) is 6. The summed E-state index contributed by atoms with van der Waals surface area (Å²) in [4.78, 5) is 16.2. The summed E-state index contributed by atoms with van der Waals surface area (Å²) in [5.41, 5.74) is 1.69. The fraction of sp³-hybridized carbons (Fsp3) is 0.300. The molecule has 10 heteroatoms. The molecule has 0 amide bonds. The minimum atomic E-state index is -3.54. The number of anilines is 1. The lowest BCUT2D eigenvalue weighted by Crippen LogP contribution is -2.27. The number of rotatable bonds is 6. The van der Waals surface area contributed by atoms with E-state index in [4.69, 9.17) is 4.42 Å². The molecule has 0 aliphatic carbocycles. The van der Waals surface area contributed by atoms with E-state index in [0.29, 0.717) is 28.4 Å². The van der Waals surface area contributed by atoms with Gasteiger partial charge in [-0.2, -0.15) is 4.98 Å². The van der Waals surface area contributed by atoms with E-state index in [2.05, 4.69) is 8.93 Å². The van der Waals surface area contributed by atoms with E-state index >= 15 is 0 Å². The first-order valence-electron chi connectivity index (χ1n) is 9.01. The van der Waals surface area contributed by atoms with Crippen molar-refractivity contribution in [3.8, 4) is 11.3 Å². The molecule has 3 aromatic rings. The normalized spacial score (nSPS) is 12.2. The number of sulfonamides is 1. The number of hydrogen-bond donors (Lipinski definition) is 1. The van der Waals surface area contributed by atoms with Gasteiger partial charge in [-0.15, -0.1) is 0 Å². The van der Waals surface area contributed by atoms with Crippen LogP contribution in [0.3, 0.4) is 0 Å². The largest absolute Gasteiger partial charge is 0.437 e. The van der Waals surface area contributed by atoms with Crippen LogP contribution < -0.4 is 8.25 Å². The highest BCUT2D eigenvalue weighted by Gasteiger charge is 2.25. The molecule has 1 atom stereocenters. The molecule has 30 heavy (non-hydrogen) atoms. The first-order chi connectivity index (χ1) is 14.2. The van der Waals surface area contributed by atoms with Crippen LogP contribution in [0.2, 0.25) is 0 Å². The summed E-state index contributed by atoms with van der Waals surface area (Å²) < 4.78 is 48.8. The van der Waals surface area contributed by atoms with Crippen LogP contribution in [0.1, 0.15) is 42.1 Å². The van der Waals surface area contributed by atoms with Crippen molar-refractivity contribution in [2.45, 2.75) is 26.2 Å². The van der Waals surface area contributed by atoms with Crippen LogP contribution in [-0.4, -0.2) is 33.0 Å². The number of benzene rings is 1. The zero-order valence-corrected chi connectivity index (χ0v) is 20.0. The predicted molar refractivity (Wildman–Crippen MR) is 125 cm³/mol. The SMILES string of the molecule is CCC(C)c1cc2c(C=O)c(-c3ccc(F)cc3)oc2nc1N(C)S(C)(=O)=O.NI. The second-order valence-corrected chi connectivity index (χ2v) is 8.78. The van der Waals surface area contributed by atoms with E-state index in [1.165, 1.54) is 31.3 Å². The number of pyridine rings is 1. The summed E-state index contributed by atoms with van der Waals surface area (Å²) in [6.07, 6.45) is 2.53. The Bertz CT molecular complexity index is 1150. The van der Waals surface area contributed by atoms with Crippen LogP contribution in [0.15, 0.2) is 34.7 Å². The molecule has 1 aromatic carbocycles. The maximum absolute atomic E-state index is 13.2. The Morgan fingerprint density at radius 1 is 1.30 bits per heavy atom. The van der Waals surface area contributed by atoms with Crippen LogP contribution in [0.25, 0.3) is 22.4 Å². The summed E-state index contributed by atoms with van der Waals surface area (Å²) in [5, 5.41) is 0.496. The van der Waals surface area contributed by atoms with Gasteiger partial charge in [0, 0.05) is 35.5 Å². The van der Waals surface area contributed by atoms with E-state index in [1.54, 1.807) is 28.9 Å². The summed E-state index contributed by atoms with van der Waals surface area (Å²) in [5.74, 6) is 0.148. The minimum absolute atomic E-state index is 0.0137. The van der Waals surface area contributed by atoms with Crippen LogP contribution in [0.4, 0.5) is 10.2 Å². The van der Waals surface area contributed by atoms with Gasteiger partial charge in [0.15, 0.2) is 6.29 Å². The van der Waals surface area contributed by atoms with Gasteiger partial charge < -0.3 is 4.42 Å². The molecule has 3 rings (SSSR count). The first kappa shape index (κ1) is 24.2. The van der Waals surface area contributed by atoms with Crippen LogP contribution in [0.5, 0.6) is 0 Å². The molecule has 0 bridgehead atoms. The lowest BCUT2D eigenvalue weighted by atomic mass is 9.97. The van der Waals surface area contributed by atoms with E-state index in [-0.39, 0.29) is 23.2 Å². The molecule has 0 saturated carbocycles. The number of halogens is 2. The minimum Gasteiger partial charge on any atom is -0.437 e. The molecule has 0 aliphatic rings. The lowest BCUT2D eigenvalue weighted by molar-refractivity contribution is 0.112. The third-order valence-corrected chi connectivity index (χ3v) is 6.06. The van der Waals surface area contributed by atoms with Gasteiger partial charge in [-0.05, 0) is 48.2 Å². The van der Waals surface area contributed by atoms with Gasteiger partial charge in [-0.3, -0.25) is 13.0 Å². The van der Waals surface area contributed by atoms with Crippen LogP contribution in [0, 0.1) is 5.82 Å². The molecule has 2 aromatic heterocycles. The summed E-state index contributed by atoms with van der Waals surface area (Å²) in [6.45, 7) is 3.95. The van der Waals surface area contributed by atoms with Crippen molar-refractivity contribution < 1.29 is 22.0 Å². The van der Waals surface area contributed by atoms with Crippen molar-refractivity contribution >= 4 is 56.1 Å². The Morgan fingerprint density at radius 2 is 1.90 bits per heavy atom. The third-order valence-electron chi connectivity index (χ3n) is 4.89. The van der Waals surface area contributed by atoms with Crippen LogP contribution in [-0.2, 0) is 10.0 Å². The first-order valence-corrected chi connectivity index (χ1v) is 12.1. The highest BCUT2D eigenvalue weighted by molar-refractivity contribution is 14.1. The van der Waals surface area contributed by atoms with Crippen LogP contribution >= 0.6 is 22.9 Å². The number of nitrogens with zero attached hydrogens (tertiary/aromatic N) is 2. The zero-order valence-electron chi connectivity index (χ0n) is 17.0. The number of aldehydes is 1. The molecule has 0 fully saturated rings. The highest BCUT2D eigenvalue weighted by Crippen LogP contribution is 2.37. The topological polar surface area (TPSA) is 106 Å². The second kappa shape index (κ2) is 9.84. The molecule has 7 nitrogen and oxygen atoms in total. The fourth-order valence-electron chi connectivity index (χ4n) is 2.97. The van der Waals surface area contributed by atoms with E-state index < -0.39 is 15.8 Å². The highest BCUT2D eigenvalue weighted by atomic mass is 127. The quantitative estimate of drug-likeness (QED) is 0.274. The summed E-state index contributed by atoms with van der Waals surface area (Å²) >= 11 is 1.65. The Morgan fingerprint density at radius 3 is 2.40 bits per heavy atom.